The Balaban J connectivity index is 3.60. The van der Waals surface area contributed by atoms with Crippen LogP contribution >= 0.6 is 15.9 Å². The van der Waals surface area contributed by atoms with Gasteiger partial charge in [0.1, 0.15) is 0 Å². The Bertz CT molecular complexity index is 104. The Morgan fingerprint density at radius 3 is 2.33 bits per heavy atom. The molecular weight excluding hydrogens is 150 g/mol. The molecule has 0 heterocycles. The molecule has 0 unspecified atom stereocenters. The first kappa shape index (κ1) is 5.53. The predicted octanol–water partition coefficient (Wildman–Crippen LogP) is 0.837. The van der Waals surface area contributed by atoms with Crippen molar-refractivity contribution in [3.05, 3.63) is 0 Å². The number of rotatable bonds is 0. The van der Waals surface area contributed by atoms with Crippen LogP contribution in [0.5, 0.6) is 0 Å². The molecule has 32 valence electrons. The zero-order chi connectivity index (χ0) is 4.99. The van der Waals surface area contributed by atoms with E-state index in [-0.39, 0.29) is 0 Å². The molecule has 0 radical (unpaired) electrons. The standard InChI is InChI=1S/C2BrNO2/c3-2(6)4-1-5. The summed E-state index contributed by atoms with van der Waals surface area (Å²) >= 11 is 2.37. The highest BCUT2D eigenvalue weighted by Crippen LogP contribution is 1.83. The predicted molar refractivity (Wildman–Crippen MR) is 22.4 cm³/mol. The fraction of sp³-hybridized carbons (Fsp3) is 0. The smallest absolute Gasteiger partial charge is 0.258 e. The van der Waals surface area contributed by atoms with E-state index in [4.69, 9.17) is 4.79 Å². The third-order valence-corrected chi connectivity index (χ3v) is 0.311. The van der Waals surface area contributed by atoms with Crippen LogP contribution in [0.25, 0.3) is 0 Å². The maximum absolute atomic E-state index is 9.53. The van der Waals surface area contributed by atoms with Crippen molar-refractivity contribution in [2.45, 2.75) is 0 Å². The highest BCUT2D eigenvalue weighted by molar-refractivity contribution is 9.18. The molecule has 0 aliphatic rings. The van der Waals surface area contributed by atoms with E-state index in [1.54, 1.807) is 0 Å². The van der Waals surface area contributed by atoms with Gasteiger partial charge in [0.25, 0.3) is 0 Å². The summed E-state index contributed by atoms with van der Waals surface area (Å²) in [6.07, 6.45) is 1.05. The molecule has 3 nitrogen and oxygen atoms in total. The fourth-order valence-corrected chi connectivity index (χ4v) is 0.108. The van der Waals surface area contributed by atoms with Gasteiger partial charge in [-0.05, 0) is 0 Å². The van der Waals surface area contributed by atoms with Gasteiger partial charge in [0.2, 0.25) is 6.08 Å². The van der Waals surface area contributed by atoms with Gasteiger partial charge in [-0.15, -0.1) is 4.99 Å². The third kappa shape index (κ3) is 3.53. The first-order valence-electron chi connectivity index (χ1n) is 1.04. The first-order chi connectivity index (χ1) is 2.77. The highest BCUT2D eigenvalue weighted by Gasteiger charge is 1.79. The van der Waals surface area contributed by atoms with Crippen LogP contribution in [0.3, 0.4) is 0 Å². The minimum absolute atomic E-state index is 0.697. The number of hydrogen-bond acceptors (Lipinski definition) is 2. The molecule has 0 bridgehead atoms. The second kappa shape index (κ2) is 2.75. The molecule has 0 aliphatic heterocycles. The number of halogens is 1. The SMILES string of the molecule is O=C=NC(=O)Br. The van der Waals surface area contributed by atoms with Crippen molar-refractivity contribution in [3.63, 3.8) is 0 Å². The van der Waals surface area contributed by atoms with Crippen molar-refractivity contribution in [3.8, 4) is 0 Å². The average molecular weight is 150 g/mol. The molecule has 6 heavy (non-hydrogen) atoms. The van der Waals surface area contributed by atoms with Gasteiger partial charge in [-0.2, -0.15) is 0 Å². The molecule has 0 saturated heterocycles. The summed E-state index contributed by atoms with van der Waals surface area (Å²) in [7, 11) is 0. The summed E-state index contributed by atoms with van der Waals surface area (Å²) in [5.41, 5.74) is 0. The van der Waals surface area contributed by atoms with Gasteiger partial charge in [0.05, 0.1) is 0 Å². The van der Waals surface area contributed by atoms with Gasteiger partial charge in [-0.1, -0.05) is 0 Å². The quantitative estimate of drug-likeness (QED) is 0.222. The second-order valence-electron chi connectivity index (χ2n) is 0.456. The Hall–Kier alpha value is -0.470. The largest absolute Gasteiger partial charge is 0.323 e. The average Bonchev–Trinajstić information content (AvgIpc) is 1.35. The number of aliphatic imine (C=N–C) groups is 1. The molecule has 0 aromatic carbocycles. The molecule has 0 spiro atoms. The van der Waals surface area contributed by atoms with E-state index in [0.29, 0.717) is 0 Å². The molecule has 4 heteroatoms. The van der Waals surface area contributed by atoms with Crippen LogP contribution in [0.4, 0.5) is 4.79 Å². The summed E-state index contributed by atoms with van der Waals surface area (Å²) in [5, 5.41) is 0. The lowest BCUT2D eigenvalue weighted by atomic mass is 11.3. The van der Waals surface area contributed by atoms with Crippen LogP contribution in [-0.2, 0) is 4.79 Å². The molecule has 0 aliphatic carbocycles. The number of isocyanates is 1. The third-order valence-electron chi connectivity index (χ3n) is 0.134. The molecule has 0 rings (SSSR count). The van der Waals surface area contributed by atoms with E-state index in [0.717, 1.165) is 6.08 Å². The fourth-order valence-electron chi connectivity index (χ4n) is 0.0359. The Kier molecular flexibility index (Phi) is 2.54. The minimum atomic E-state index is -0.697. The minimum Gasteiger partial charge on any atom is -0.258 e. The van der Waals surface area contributed by atoms with Crippen LogP contribution in [0, 0.1) is 0 Å². The van der Waals surface area contributed by atoms with E-state index in [2.05, 4.69) is 20.9 Å². The van der Waals surface area contributed by atoms with Crippen LogP contribution in [0.15, 0.2) is 4.99 Å². The topological polar surface area (TPSA) is 46.5 Å². The van der Waals surface area contributed by atoms with E-state index >= 15 is 0 Å². The van der Waals surface area contributed by atoms with E-state index in [9.17, 15) is 4.79 Å². The van der Waals surface area contributed by atoms with Gasteiger partial charge in [0.15, 0.2) is 0 Å². The molecule has 0 atom stereocenters. The summed E-state index contributed by atoms with van der Waals surface area (Å²) in [5.74, 6) is 0. The van der Waals surface area contributed by atoms with Gasteiger partial charge in [0, 0.05) is 15.9 Å². The van der Waals surface area contributed by atoms with Crippen LogP contribution < -0.4 is 0 Å². The van der Waals surface area contributed by atoms with Gasteiger partial charge in [-0.3, -0.25) is 4.79 Å². The molecule has 0 N–H and O–H groups in total. The Labute approximate surface area is 42.2 Å². The monoisotopic (exact) mass is 149 g/mol. The maximum Gasteiger partial charge on any atom is 0.323 e. The zero-order valence-electron chi connectivity index (χ0n) is 2.64. The van der Waals surface area contributed by atoms with Gasteiger partial charge < -0.3 is 0 Å². The number of hydrogen-bond donors (Lipinski definition) is 0. The molecular formula is C2BrNO2. The lowest BCUT2D eigenvalue weighted by Crippen LogP contribution is -1.65. The van der Waals surface area contributed by atoms with E-state index in [1.165, 1.54) is 0 Å². The van der Waals surface area contributed by atoms with Crippen LogP contribution in [0.1, 0.15) is 0 Å². The Morgan fingerprint density at radius 1 is 1.83 bits per heavy atom. The summed E-state index contributed by atoms with van der Waals surface area (Å²) in [6, 6.07) is 0. The van der Waals surface area contributed by atoms with E-state index in [1.807, 2.05) is 0 Å². The van der Waals surface area contributed by atoms with Crippen molar-refractivity contribution in [2.75, 3.05) is 0 Å². The van der Waals surface area contributed by atoms with Gasteiger partial charge in [-0.25, -0.2) is 4.79 Å². The molecule has 0 fully saturated rings. The van der Waals surface area contributed by atoms with Crippen LogP contribution in [-0.4, -0.2) is 10.9 Å². The lowest BCUT2D eigenvalue weighted by Gasteiger charge is -1.58. The summed E-state index contributed by atoms with van der Waals surface area (Å²) in [6.45, 7) is 0. The molecule has 0 saturated carbocycles. The Morgan fingerprint density at radius 2 is 2.33 bits per heavy atom. The second-order valence-corrected chi connectivity index (χ2v) is 1.13. The highest BCUT2D eigenvalue weighted by atomic mass is 79.9. The van der Waals surface area contributed by atoms with Crippen molar-refractivity contribution in [1.29, 1.82) is 0 Å². The molecule has 0 aromatic rings. The zero-order valence-corrected chi connectivity index (χ0v) is 4.23. The van der Waals surface area contributed by atoms with E-state index < -0.39 is 4.82 Å². The number of amides is 1. The number of carbonyl (C=O) groups excluding carboxylic acids is 2. The number of nitrogens with zero attached hydrogens (tertiary/aromatic N) is 1. The molecule has 0 aromatic heterocycles. The first-order valence-corrected chi connectivity index (χ1v) is 1.84. The van der Waals surface area contributed by atoms with Crippen molar-refractivity contribution < 1.29 is 9.59 Å². The van der Waals surface area contributed by atoms with Gasteiger partial charge >= 0.3 is 4.82 Å². The van der Waals surface area contributed by atoms with Crippen molar-refractivity contribution in [1.82, 2.24) is 0 Å². The van der Waals surface area contributed by atoms with Crippen LogP contribution in [0.2, 0.25) is 0 Å². The molecule has 1 amide bonds. The summed E-state index contributed by atoms with van der Waals surface area (Å²) < 4.78 is 0. The lowest BCUT2D eigenvalue weighted by molar-refractivity contribution is 0.268. The normalized spacial score (nSPS) is 6.17. The number of carbonyl (C=O) groups is 1. The van der Waals surface area contributed by atoms with Crippen molar-refractivity contribution >= 4 is 26.8 Å². The summed E-state index contributed by atoms with van der Waals surface area (Å²) in [4.78, 5) is 20.5. The maximum atomic E-state index is 9.53. The van der Waals surface area contributed by atoms with Crippen molar-refractivity contribution in [2.24, 2.45) is 4.99 Å².